The van der Waals surface area contributed by atoms with Gasteiger partial charge in [0.15, 0.2) is 0 Å². The molecule has 4 heterocycles. The van der Waals surface area contributed by atoms with Crippen molar-refractivity contribution < 1.29 is 0 Å². The SMILES string of the molecule is Cc1cc2nc(Nc3cnn(C4CCNCC4)c3)ncc2s1. The van der Waals surface area contributed by atoms with Crippen LogP contribution in [0.5, 0.6) is 0 Å². The molecule has 0 atom stereocenters. The lowest BCUT2D eigenvalue weighted by Crippen LogP contribution is -2.29. The lowest BCUT2D eigenvalue weighted by Gasteiger charge is -2.22. The summed E-state index contributed by atoms with van der Waals surface area (Å²) in [7, 11) is 0. The third kappa shape index (κ3) is 2.69. The summed E-state index contributed by atoms with van der Waals surface area (Å²) in [4.78, 5) is 10.2. The van der Waals surface area contributed by atoms with Crippen molar-refractivity contribution >= 4 is 33.2 Å². The molecule has 114 valence electrons. The van der Waals surface area contributed by atoms with Gasteiger partial charge in [-0.1, -0.05) is 0 Å². The van der Waals surface area contributed by atoms with Crippen molar-refractivity contribution in [1.29, 1.82) is 0 Å². The van der Waals surface area contributed by atoms with Crippen LogP contribution in [0.1, 0.15) is 23.8 Å². The summed E-state index contributed by atoms with van der Waals surface area (Å²) in [5.41, 5.74) is 1.93. The van der Waals surface area contributed by atoms with Crippen LogP contribution >= 0.6 is 11.3 Å². The number of nitrogens with one attached hydrogen (secondary N) is 2. The number of hydrogen-bond acceptors (Lipinski definition) is 6. The third-order valence-electron chi connectivity index (χ3n) is 3.93. The van der Waals surface area contributed by atoms with E-state index >= 15 is 0 Å². The van der Waals surface area contributed by atoms with Crippen LogP contribution in [-0.2, 0) is 0 Å². The number of nitrogens with zero attached hydrogens (tertiary/aromatic N) is 4. The summed E-state index contributed by atoms with van der Waals surface area (Å²) in [6, 6.07) is 2.57. The van der Waals surface area contributed by atoms with Gasteiger partial charge >= 0.3 is 0 Å². The first-order chi connectivity index (χ1) is 10.8. The molecule has 0 unspecified atom stereocenters. The van der Waals surface area contributed by atoms with E-state index in [1.165, 1.54) is 4.88 Å². The van der Waals surface area contributed by atoms with Crippen molar-refractivity contribution in [2.45, 2.75) is 25.8 Å². The number of rotatable bonds is 3. The molecule has 7 heteroatoms. The maximum atomic E-state index is 4.55. The van der Waals surface area contributed by atoms with E-state index < -0.39 is 0 Å². The van der Waals surface area contributed by atoms with Crippen molar-refractivity contribution in [3.8, 4) is 0 Å². The van der Waals surface area contributed by atoms with Crippen LogP contribution in [-0.4, -0.2) is 32.8 Å². The molecule has 0 amide bonds. The molecule has 1 aliphatic rings. The van der Waals surface area contributed by atoms with Crippen molar-refractivity contribution in [1.82, 2.24) is 25.1 Å². The molecule has 1 aliphatic heterocycles. The highest BCUT2D eigenvalue weighted by atomic mass is 32.1. The fourth-order valence-corrected chi connectivity index (χ4v) is 3.66. The number of piperidine rings is 1. The Bertz CT molecular complexity index is 786. The highest BCUT2D eigenvalue weighted by molar-refractivity contribution is 7.18. The summed E-state index contributed by atoms with van der Waals surface area (Å²) in [6.45, 7) is 4.21. The molecule has 4 rings (SSSR count). The van der Waals surface area contributed by atoms with E-state index in [0.717, 1.165) is 41.8 Å². The predicted octanol–water partition coefficient (Wildman–Crippen LogP) is 2.86. The molecule has 0 spiro atoms. The van der Waals surface area contributed by atoms with E-state index in [0.29, 0.717) is 12.0 Å². The largest absolute Gasteiger partial charge is 0.321 e. The number of hydrogen-bond donors (Lipinski definition) is 2. The second kappa shape index (κ2) is 5.66. The number of anilines is 2. The Balaban J connectivity index is 1.53. The van der Waals surface area contributed by atoms with E-state index in [4.69, 9.17) is 0 Å². The molecule has 2 N–H and O–H groups in total. The van der Waals surface area contributed by atoms with Crippen LogP contribution in [0.4, 0.5) is 11.6 Å². The first-order valence-corrected chi connectivity index (χ1v) is 8.35. The molecular weight excluding hydrogens is 296 g/mol. The summed E-state index contributed by atoms with van der Waals surface area (Å²) < 4.78 is 3.17. The van der Waals surface area contributed by atoms with E-state index in [-0.39, 0.29) is 0 Å². The first kappa shape index (κ1) is 13.7. The number of thiophene rings is 1. The summed E-state index contributed by atoms with van der Waals surface area (Å²) >= 11 is 1.71. The predicted molar refractivity (Wildman–Crippen MR) is 88.8 cm³/mol. The molecule has 0 radical (unpaired) electrons. The van der Waals surface area contributed by atoms with Crippen molar-refractivity contribution in [2.24, 2.45) is 0 Å². The number of fused-ring (bicyclic) bond motifs is 1. The molecule has 0 bridgehead atoms. The van der Waals surface area contributed by atoms with Crippen molar-refractivity contribution in [3.05, 3.63) is 29.5 Å². The van der Waals surface area contributed by atoms with Gasteiger partial charge in [0.05, 0.1) is 34.3 Å². The Morgan fingerprint density at radius 1 is 1.32 bits per heavy atom. The summed E-state index contributed by atoms with van der Waals surface area (Å²) in [5.74, 6) is 0.621. The van der Waals surface area contributed by atoms with Gasteiger partial charge in [0, 0.05) is 11.1 Å². The molecule has 0 saturated carbocycles. The van der Waals surface area contributed by atoms with E-state index in [1.807, 2.05) is 18.6 Å². The number of aromatic nitrogens is 4. The monoisotopic (exact) mass is 314 g/mol. The third-order valence-corrected chi connectivity index (χ3v) is 4.91. The molecule has 3 aromatic rings. The quantitative estimate of drug-likeness (QED) is 0.778. The highest BCUT2D eigenvalue weighted by Crippen LogP contribution is 2.25. The molecule has 0 aliphatic carbocycles. The maximum Gasteiger partial charge on any atom is 0.227 e. The van der Waals surface area contributed by atoms with Crippen LogP contribution < -0.4 is 10.6 Å². The average Bonchev–Trinajstić information content (AvgIpc) is 3.13. The normalized spacial score (nSPS) is 16.2. The summed E-state index contributed by atoms with van der Waals surface area (Å²) in [5, 5.41) is 11.1. The molecular formula is C15H18N6S. The van der Waals surface area contributed by atoms with Crippen LogP contribution in [0, 0.1) is 6.92 Å². The lowest BCUT2D eigenvalue weighted by molar-refractivity contribution is 0.343. The zero-order chi connectivity index (χ0) is 14.9. The molecule has 3 aromatic heterocycles. The van der Waals surface area contributed by atoms with Gasteiger partial charge in [0.2, 0.25) is 5.95 Å². The average molecular weight is 314 g/mol. The highest BCUT2D eigenvalue weighted by Gasteiger charge is 2.15. The van der Waals surface area contributed by atoms with Crippen LogP contribution in [0.3, 0.4) is 0 Å². The molecule has 22 heavy (non-hydrogen) atoms. The van der Waals surface area contributed by atoms with Gasteiger partial charge in [-0.2, -0.15) is 5.10 Å². The van der Waals surface area contributed by atoms with Gasteiger partial charge in [0.25, 0.3) is 0 Å². The van der Waals surface area contributed by atoms with E-state index in [1.54, 1.807) is 11.3 Å². The Morgan fingerprint density at radius 2 is 2.18 bits per heavy atom. The molecule has 1 saturated heterocycles. The first-order valence-electron chi connectivity index (χ1n) is 7.53. The van der Waals surface area contributed by atoms with Crippen molar-refractivity contribution in [3.63, 3.8) is 0 Å². The fraction of sp³-hybridized carbons (Fsp3) is 0.400. The van der Waals surface area contributed by atoms with Crippen LogP contribution in [0.2, 0.25) is 0 Å². The minimum Gasteiger partial charge on any atom is -0.321 e. The van der Waals surface area contributed by atoms with Gasteiger partial charge in [-0.25, -0.2) is 9.97 Å². The standard InChI is InChI=1S/C15H18N6S/c1-10-6-13-14(22-10)8-17-15(20-13)19-11-7-18-21(9-11)12-2-4-16-5-3-12/h6-9,12,16H,2-5H2,1H3,(H,17,19,20). The van der Waals surface area contributed by atoms with Gasteiger partial charge in [0.1, 0.15) is 0 Å². The zero-order valence-electron chi connectivity index (χ0n) is 12.4. The Labute approximate surface area is 132 Å². The zero-order valence-corrected chi connectivity index (χ0v) is 13.2. The second-order valence-corrected chi connectivity index (χ2v) is 6.90. The summed E-state index contributed by atoms with van der Waals surface area (Å²) in [6.07, 6.45) is 8.01. The molecule has 1 fully saturated rings. The topological polar surface area (TPSA) is 67.7 Å². The van der Waals surface area contributed by atoms with E-state index in [2.05, 4.69) is 43.4 Å². The smallest absolute Gasteiger partial charge is 0.227 e. The lowest BCUT2D eigenvalue weighted by atomic mass is 10.1. The molecule has 0 aromatic carbocycles. The van der Waals surface area contributed by atoms with E-state index in [9.17, 15) is 0 Å². The van der Waals surface area contributed by atoms with Gasteiger partial charge < -0.3 is 10.6 Å². The van der Waals surface area contributed by atoms with Crippen LogP contribution in [0.25, 0.3) is 10.2 Å². The van der Waals surface area contributed by atoms with Crippen molar-refractivity contribution in [2.75, 3.05) is 18.4 Å². The second-order valence-electron chi connectivity index (χ2n) is 5.62. The fourth-order valence-electron chi connectivity index (χ4n) is 2.82. The Morgan fingerprint density at radius 3 is 3.05 bits per heavy atom. The Kier molecular flexibility index (Phi) is 3.51. The molecule has 6 nitrogen and oxygen atoms in total. The maximum absolute atomic E-state index is 4.55. The minimum atomic E-state index is 0.486. The minimum absolute atomic E-state index is 0.486. The van der Waals surface area contributed by atoms with Gasteiger partial charge in [-0.15, -0.1) is 11.3 Å². The van der Waals surface area contributed by atoms with Gasteiger partial charge in [-0.3, -0.25) is 4.68 Å². The van der Waals surface area contributed by atoms with Gasteiger partial charge in [-0.05, 0) is 38.9 Å². The number of aryl methyl sites for hydroxylation is 1. The van der Waals surface area contributed by atoms with Crippen LogP contribution in [0.15, 0.2) is 24.7 Å². The Hall–Kier alpha value is -1.99.